The van der Waals surface area contributed by atoms with E-state index in [2.05, 4.69) is 74.4 Å². The number of nitrogens with zero attached hydrogens (tertiary/aromatic N) is 1. The molecule has 19 heavy (non-hydrogen) atoms. The minimum atomic E-state index is 0.661. The van der Waals surface area contributed by atoms with Gasteiger partial charge in [0, 0.05) is 12.2 Å². The molecule has 0 fully saturated rings. The highest BCUT2D eigenvalue weighted by Gasteiger charge is 2.07. The van der Waals surface area contributed by atoms with Crippen molar-refractivity contribution in [3.63, 3.8) is 0 Å². The fraction of sp³-hybridized carbons (Fsp3) is 0.286. The summed E-state index contributed by atoms with van der Waals surface area (Å²) in [4.78, 5) is 2.15. The van der Waals surface area contributed by atoms with E-state index in [-0.39, 0.29) is 0 Å². The van der Waals surface area contributed by atoms with Crippen molar-refractivity contribution in [3.05, 3.63) is 50.8 Å². The average Bonchev–Trinajstić information content (AvgIpc) is 2.67. The highest BCUT2D eigenvalue weighted by Crippen LogP contribution is 2.27. The Kier molecular flexibility index (Phi) is 5.07. The fourth-order valence-corrected chi connectivity index (χ4v) is 2.49. The first-order valence-corrected chi connectivity index (χ1v) is 7.55. The van der Waals surface area contributed by atoms with Gasteiger partial charge in [-0.3, -0.25) is 0 Å². The number of para-hydroxylation sites is 1. The number of hydrogen-bond donors (Lipinski definition) is 1. The molecule has 1 N–H and O–H groups in total. The molecule has 0 aliphatic rings. The van der Waals surface area contributed by atoms with E-state index in [0.29, 0.717) is 6.54 Å². The molecule has 5 heteroatoms. The second kappa shape index (κ2) is 6.59. The molecule has 0 spiro atoms. The lowest BCUT2D eigenvalue weighted by Gasteiger charge is -2.14. The van der Waals surface area contributed by atoms with Crippen molar-refractivity contribution >= 4 is 37.5 Å². The second-order valence-corrected chi connectivity index (χ2v) is 6.16. The van der Waals surface area contributed by atoms with E-state index < -0.39 is 0 Å². The molecule has 0 aliphatic carbocycles. The molecule has 1 aromatic carbocycles. The van der Waals surface area contributed by atoms with E-state index >= 15 is 0 Å². The van der Waals surface area contributed by atoms with Gasteiger partial charge in [0.2, 0.25) is 0 Å². The van der Waals surface area contributed by atoms with Crippen LogP contribution in [0.15, 0.2) is 43.9 Å². The third kappa shape index (κ3) is 4.09. The minimum absolute atomic E-state index is 0.661. The third-order valence-corrected chi connectivity index (χ3v) is 4.36. The van der Waals surface area contributed by atoms with E-state index in [0.717, 1.165) is 27.1 Å². The zero-order valence-electron chi connectivity index (χ0n) is 10.9. The van der Waals surface area contributed by atoms with Crippen LogP contribution in [0.4, 0.5) is 5.69 Å². The first-order chi connectivity index (χ1) is 9.06. The molecule has 0 saturated carbocycles. The van der Waals surface area contributed by atoms with Gasteiger partial charge in [-0.1, -0.05) is 18.2 Å². The van der Waals surface area contributed by atoms with E-state index in [1.54, 1.807) is 0 Å². The number of hydrogen-bond acceptors (Lipinski definition) is 3. The van der Waals surface area contributed by atoms with Crippen LogP contribution in [0.3, 0.4) is 0 Å². The van der Waals surface area contributed by atoms with E-state index in [1.165, 1.54) is 5.56 Å². The minimum Gasteiger partial charge on any atom is -0.451 e. The number of benzene rings is 1. The molecule has 3 nitrogen and oxygen atoms in total. The van der Waals surface area contributed by atoms with Gasteiger partial charge in [0.25, 0.3) is 0 Å². The molecule has 1 heterocycles. The quantitative estimate of drug-likeness (QED) is 0.819. The fourth-order valence-electron chi connectivity index (χ4n) is 1.83. The Labute approximate surface area is 130 Å². The van der Waals surface area contributed by atoms with Crippen LogP contribution in [0, 0.1) is 0 Å². The molecule has 0 saturated heterocycles. The first kappa shape index (κ1) is 14.6. The molecule has 2 rings (SSSR count). The van der Waals surface area contributed by atoms with Crippen molar-refractivity contribution in [2.75, 3.05) is 19.4 Å². The van der Waals surface area contributed by atoms with Crippen molar-refractivity contribution in [1.29, 1.82) is 0 Å². The van der Waals surface area contributed by atoms with Crippen molar-refractivity contribution in [2.45, 2.75) is 13.1 Å². The molecule has 2 aromatic rings. The standard InChI is InChI=1S/C14H16Br2N2O/c1-18(2)9-10-5-3-4-6-13(10)17-8-11-7-12(15)14(16)19-11/h3-7,17H,8-9H2,1-2H3. The highest BCUT2D eigenvalue weighted by molar-refractivity contribution is 9.13. The van der Waals surface area contributed by atoms with E-state index in [1.807, 2.05) is 12.1 Å². The van der Waals surface area contributed by atoms with Crippen LogP contribution >= 0.6 is 31.9 Å². The van der Waals surface area contributed by atoms with Crippen LogP contribution in [0.5, 0.6) is 0 Å². The summed E-state index contributed by atoms with van der Waals surface area (Å²) < 4.78 is 7.22. The Morgan fingerprint density at radius 1 is 1.21 bits per heavy atom. The summed E-state index contributed by atoms with van der Waals surface area (Å²) in [6.45, 7) is 1.57. The average molecular weight is 388 g/mol. The topological polar surface area (TPSA) is 28.4 Å². The number of nitrogens with one attached hydrogen (secondary N) is 1. The summed E-state index contributed by atoms with van der Waals surface area (Å²) in [6.07, 6.45) is 0. The Hall–Kier alpha value is -0.780. The van der Waals surface area contributed by atoms with Crippen LogP contribution in [-0.2, 0) is 13.1 Å². The van der Waals surface area contributed by atoms with Crippen molar-refractivity contribution in [1.82, 2.24) is 4.90 Å². The zero-order chi connectivity index (χ0) is 13.8. The summed E-state index contributed by atoms with van der Waals surface area (Å²) >= 11 is 6.76. The highest BCUT2D eigenvalue weighted by atomic mass is 79.9. The SMILES string of the molecule is CN(C)Cc1ccccc1NCc1cc(Br)c(Br)o1. The van der Waals surface area contributed by atoms with Crippen LogP contribution in [0.2, 0.25) is 0 Å². The second-order valence-electron chi connectivity index (χ2n) is 4.58. The van der Waals surface area contributed by atoms with Crippen LogP contribution < -0.4 is 5.32 Å². The number of halogens is 2. The predicted molar refractivity (Wildman–Crippen MR) is 85.3 cm³/mol. The van der Waals surface area contributed by atoms with Gasteiger partial charge < -0.3 is 14.6 Å². The molecule has 102 valence electrons. The predicted octanol–water partition coefficient (Wildman–Crippen LogP) is 4.48. The molecule has 0 radical (unpaired) electrons. The summed E-state index contributed by atoms with van der Waals surface area (Å²) in [5.41, 5.74) is 2.41. The molecule has 0 aliphatic heterocycles. The summed E-state index contributed by atoms with van der Waals surface area (Å²) in [6, 6.07) is 10.3. The van der Waals surface area contributed by atoms with Gasteiger partial charge in [-0.25, -0.2) is 0 Å². The Morgan fingerprint density at radius 2 is 1.95 bits per heavy atom. The van der Waals surface area contributed by atoms with E-state index in [9.17, 15) is 0 Å². The summed E-state index contributed by atoms with van der Waals surface area (Å²) in [5.74, 6) is 0.887. The lowest BCUT2D eigenvalue weighted by Crippen LogP contribution is -2.12. The van der Waals surface area contributed by atoms with Gasteiger partial charge in [-0.15, -0.1) is 0 Å². The number of furan rings is 1. The van der Waals surface area contributed by atoms with Crippen LogP contribution in [-0.4, -0.2) is 19.0 Å². The lowest BCUT2D eigenvalue weighted by atomic mass is 10.1. The Bertz CT molecular complexity index is 533. The number of rotatable bonds is 5. The largest absolute Gasteiger partial charge is 0.451 e. The van der Waals surface area contributed by atoms with Crippen LogP contribution in [0.1, 0.15) is 11.3 Å². The monoisotopic (exact) mass is 386 g/mol. The Morgan fingerprint density at radius 3 is 2.58 bits per heavy atom. The summed E-state index contributed by atoms with van der Waals surface area (Å²) in [5, 5.41) is 3.41. The van der Waals surface area contributed by atoms with Gasteiger partial charge in [0.1, 0.15) is 5.76 Å². The molecule has 0 amide bonds. The lowest BCUT2D eigenvalue weighted by molar-refractivity contribution is 0.403. The molecule has 0 atom stereocenters. The zero-order valence-corrected chi connectivity index (χ0v) is 14.1. The van der Waals surface area contributed by atoms with Crippen molar-refractivity contribution < 1.29 is 4.42 Å². The molecule has 0 unspecified atom stereocenters. The van der Waals surface area contributed by atoms with E-state index in [4.69, 9.17) is 4.42 Å². The van der Waals surface area contributed by atoms with Gasteiger partial charge in [0.15, 0.2) is 4.67 Å². The first-order valence-electron chi connectivity index (χ1n) is 5.96. The smallest absolute Gasteiger partial charge is 0.183 e. The maximum atomic E-state index is 5.55. The molecule has 1 aromatic heterocycles. The normalized spacial score (nSPS) is 11.0. The van der Waals surface area contributed by atoms with Crippen molar-refractivity contribution in [2.24, 2.45) is 0 Å². The van der Waals surface area contributed by atoms with Gasteiger partial charge in [-0.2, -0.15) is 0 Å². The molecular formula is C14H16Br2N2O. The maximum absolute atomic E-state index is 5.55. The maximum Gasteiger partial charge on any atom is 0.183 e. The van der Waals surface area contributed by atoms with Crippen molar-refractivity contribution in [3.8, 4) is 0 Å². The van der Waals surface area contributed by atoms with Gasteiger partial charge in [0.05, 0.1) is 11.0 Å². The van der Waals surface area contributed by atoms with Gasteiger partial charge >= 0.3 is 0 Å². The molecule has 0 bridgehead atoms. The van der Waals surface area contributed by atoms with Crippen LogP contribution in [0.25, 0.3) is 0 Å². The Balaban J connectivity index is 2.06. The summed E-state index contributed by atoms with van der Waals surface area (Å²) in [7, 11) is 4.13. The number of anilines is 1. The molecular weight excluding hydrogens is 372 g/mol. The third-order valence-electron chi connectivity index (χ3n) is 2.65. The van der Waals surface area contributed by atoms with Gasteiger partial charge in [-0.05, 0) is 63.7 Å².